The van der Waals surface area contributed by atoms with Crippen LogP contribution in [0.5, 0.6) is 0 Å². The first kappa shape index (κ1) is 12.9. The van der Waals surface area contributed by atoms with Gasteiger partial charge in [0.2, 0.25) is 0 Å². The Hall–Kier alpha value is -1.20. The minimum atomic E-state index is -0.485. The Labute approximate surface area is 103 Å². The maximum atomic E-state index is 11.6. The van der Waals surface area contributed by atoms with Gasteiger partial charge in [-0.3, -0.25) is 4.79 Å². The SMILES string of the molecule is CNC(=O)N(C(=O)SC)c1cccc(Cl)c1. The second kappa shape index (κ2) is 5.77. The summed E-state index contributed by atoms with van der Waals surface area (Å²) in [4.78, 5) is 24.2. The number of urea groups is 1. The first-order valence-corrected chi connectivity index (χ1v) is 6.05. The largest absolute Gasteiger partial charge is 0.340 e. The van der Waals surface area contributed by atoms with Gasteiger partial charge in [0.25, 0.3) is 5.24 Å². The monoisotopic (exact) mass is 258 g/mol. The molecule has 0 aliphatic rings. The lowest BCUT2D eigenvalue weighted by Crippen LogP contribution is -2.40. The zero-order valence-electron chi connectivity index (χ0n) is 8.86. The van der Waals surface area contributed by atoms with Crippen molar-refractivity contribution in [2.75, 3.05) is 18.2 Å². The second-order valence-electron chi connectivity index (χ2n) is 2.84. The molecule has 1 aromatic rings. The molecule has 1 aromatic carbocycles. The standard InChI is InChI=1S/C10H11ClN2O2S/c1-12-9(14)13(10(15)16-2)8-5-3-4-7(11)6-8/h3-6H,1-2H3,(H,12,14). The third-order valence-electron chi connectivity index (χ3n) is 1.84. The molecular formula is C10H11ClN2O2S. The van der Waals surface area contributed by atoms with Crippen LogP contribution >= 0.6 is 23.4 Å². The van der Waals surface area contributed by atoms with Gasteiger partial charge in [0.1, 0.15) is 0 Å². The van der Waals surface area contributed by atoms with E-state index < -0.39 is 6.03 Å². The minimum absolute atomic E-state index is 0.360. The van der Waals surface area contributed by atoms with E-state index in [4.69, 9.17) is 11.6 Å². The van der Waals surface area contributed by atoms with Crippen LogP contribution in [0, 0.1) is 0 Å². The molecule has 1 rings (SSSR count). The molecule has 0 aliphatic carbocycles. The Morgan fingerprint density at radius 1 is 1.44 bits per heavy atom. The highest BCUT2D eigenvalue weighted by Crippen LogP contribution is 2.22. The van der Waals surface area contributed by atoms with Crippen LogP contribution < -0.4 is 10.2 Å². The topological polar surface area (TPSA) is 49.4 Å². The fourth-order valence-electron chi connectivity index (χ4n) is 1.12. The number of imide groups is 1. The van der Waals surface area contributed by atoms with Crippen LogP contribution in [-0.4, -0.2) is 24.6 Å². The Bertz CT molecular complexity index is 396. The summed E-state index contributed by atoms with van der Waals surface area (Å²) in [5.74, 6) is 0. The zero-order valence-corrected chi connectivity index (χ0v) is 10.4. The molecule has 86 valence electrons. The highest BCUT2D eigenvalue weighted by molar-refractivity contribution is 8.13. The van der Waals surface area contributed by atoms with Gasteiger partial charge in [-0.25, -0.2) is 9.69 Å². The molecule has 4 nitrogen and oxygen atoms in total. The van der Waals surface area contributed by atoms with E-state index >= 15 is 0 Å². The normalized spacial score (nSPS) is 9.69. The number of rotatable bonds is 1. The molecule has 0 spiro atoms. The van der Waals surface area contributed by atoms with Crippen LogP contribution in [0.15, 0.2) is 24.3 Å². The molecule has 0 atom stereocenters. The lowest BCUT2D eigenvalue weighted by molar-refractivity contribution is 0.244. The molecule has 6 heteroatoms. The van der Waals surface area contributed by atoms with Crippen LogP contribution in [0.25, 0.3) is 0 Å². The third-order valence-corrected chi connectivity index (χ3v) is 2.61. The average Bonchev–Trinajstić information content (AvgIpc) is 2.29. The first-order chi connectivity index (χ1) is 7.60. The molecule has 0 aromatic heterocycles. The molecule has 0 radical (unpaired) electrons. The number of benzene rings is 1. The quantitative estimate of drug-likeness (QED) is 0.843. The summed E-state index contributed by atoms with van der Waals surface area (Å²) in [6.45, 7) is 0. The van der Waals surface area contributed by atoms with Crippen molar-refractivity contribution >= 4 is 40.3 Å². The molecule has 0 aliphatic heterocycles. The van der Waals surface area contributed by atoms with E-state index in [1.165, 1.54) is 7.05 Å². The summed E-state index contributed by atoms with van der Waals surface area (Å²) in [6, 6.07) is 6.08. The zero-order chi connectivity index (χ0) is 12.1. The number of nitrogens with zero attached hydrogens (tertiary/aromatic N) is 1. The Balaban J connectivity index is 3.10. The fourth-order valence-corrected chi connectivity index (χ4v) is 1.68. The van der Waals surface area contributed by atoms with Gasteiger partial charge in [-0.1, -0.05) is 29.4 Å². The van der Waals surface area contributed by atoms with Crippen LogP contribution in [0.4, 0.5) is 15.3 Å². The van der Waals surface area contributed by atoms with E-state index in [0.29, 0.717) is 10.7 Å². The van der Waals surface area contributed by atoms with Gasteiger partial charge >= 0.3 is 6.03 Å². The van der Waals surface area contributed by atoms with Gasteiger partial charge in [0.15, 0.2) is 0 Å². The molecule has 0 heterocycles. The molecule has 3 amide bonds. The van der Waals surface area contributed by atoms with Crippen molar-refractivity contribution in [3.05, 3.63) is 29.3 Å². The van der Waals surface area contributed by atoms with Crippen molar-refractivity contribution in [3.63, 3.8) is 0 Å². The third kappa shape index (κ3) is 2.90. The van der Waals surface area contributed by atoms with Gasteiger partial charge in [0.05, 0.1) is 5.69 Å². The summed E-state index contributed by atoms with van der Waals surface area (Å²) in [5.41, 5.74) is 0.450. The van der Waals surface area contributed by atoms with Crippen molar-refractivity contribution in [3.8, 4) is 0 Å². The van der Waals surface area contributed by atoms with Crippen molar-refractivity contribution in [1.29, 1.82) is 0 Å². The predicted octanol–water partition coefficient (Wildman–Crippen LogP) is 2.97. The predicted molar refractivity (Wildman–Crippen MR) is 67.3 cm³/mol. The Kier molecular flexibility index (Phi) is 4.64. The second-order valence-corrected chi connectivity index (χ2v) is 4.03. The number of nitrogens with one attached hydrogen (secondary N) is 1. The van der Waals surface area contributed by atoms with E-state index in [-0.39, 0.29) is 5.24 Å². The molecule has 0 bridgehead atoms. The molecule has 16 heavy (non-hydrogen) atoms. The summed E-state index contributed by atoms with van der Waals surface area (Å²) >= 11 is 6.77. The van der Waals surface area contributed by atoms with Crippen LogP contribution in [0.1, 0.15) is 0 Å². The summed E-state index contributed by atoms with van der Waals surface area (Å²) in [5, 5.41) is 2.52. The summed E-state index contributed by atoms with van der Waals surface area (Å²) < 4.78 is 0. The number of anilines is 1. The number of carbonyl (C=O) groups excluding carboxylic acids is 2. The number of hydrogen-bond donors (Lipinski definition) is 1. The molecule has 0 saturated heterocycles. The highest BCUT2D eigenvalue weighted by Gasteiger charge is 2.21. The van der Waals surface area contributed by atoms with E-state index in [1.54, 1.807) is 30.5 Å². The Morgan fingerprint density at radius 3 is 2.62 bits per heavy atom. The van der Waals surface area contributed by atoms with Crippen molar-refractivity contribution in [2.24, 2.45) is 0 Å². The van der Waals surface area contributed by atoms with E-state index in [2.05, 4.69) is 5.32 Å². The number of amides is 3. The summed E-state index contributed by atoms with van der Waals surface area (Å²) in [6.07, 6.45) is 1.61. The molecule has 0 unspecified atom stereocenters. The Morgan fingerprint density at radius 2 is 2.12 bits per heavy atom. The lowest BCUT2D eigenvalue weighted by atomic mass is 10.3. The van der Waals surface area contributed by atoms with Crippen LogP contribution in [0.3, 0.4) is 0 Å². The first-order valence-electron chi connectivity index (χ1n) is 4.45. The van der Waals surface area contributed by atoms with Gasteiger partial charge < -0.3 is 5.32 Å². The van der Waals surface area contributed by atoms with Crippen molar-refractivity contribution < 1.29 is 9.59 Å². The maximum Gasteiger partial charge on any atom is 0.329 e. The van der Waals surface area contributed by atoms with Gasteiger partial charge in [-0.2, -0.15) is 0 Å². The van der Waals surface area contributed by atoms with Gasteiger partial charge in [0, 0.05) is 12.1 Å². The van der Waals surface area contributed by atoms with E-state index in [1.807, 2.05) is 0 Å². The maximum absolute atomic E-state index is 11.6. The minimum Gasteiger partial charge on any atom is -0.340 e. The van der Waals surface area contributed by atoms with Gasteiger partial charge in [-0.15, -0.1) is 0 Å². The summed E-state index contributed by atoms with van der Waals surface area (Å²) in [7, 11) is 1.47. The molecular weight excluding hydrogens is 248 g/mol. The molecule has 0 saturated carbocycles. The smallest absolute Gasteiger partial charge is 0.329 e. The number of thioether (sulfide) groups is 1. The number of halogens is 1. The van der Waals surface area contributed by atoms with Crippen LogP contribution in [-0.2, 0) is 0 Å². The van der Waals surface area contributed by atoms with E-state index in [0.717, 1.165) is 16.7 Å². The van der Waals surface area contributed by atoms with Crippen molar-refractivity contribution in [2.45, 2.75) is 0 Å². The lowest BCUT2D eigenvalue weighted by Gasteiger charge is -2.19. The highest BCUT2D eigenvalue weighted by atomic mass is 35.5. The molecule has 1 N–H and O–H groups in total. The van der Waals surface area contributed by atoms with Crippen LogP contribution in [0.2, 0.25) is 5.02 Å². The van der Waals surface area contributed by atoms with Gasteiger partial charge in [-0.05, 0) is 24.5 Å². The average molecular weight is 259 g/mol. The number of hydrogen-bond acceptors (Lipinski definition) is 3. The molecule has 0 fully saturated rings. The van der Waals surface area contributed by atoms with Crippen molar-refractivity contribution in [1.82, 2.24) is 5.32 Å². The van der Waals surface area contributed by atoms with E-state index in [9.17, 15) is 9.59 Å². The number of carbonyl (C=O) groups is 2. The fraction of sp³-hybridized carbons (Fsp3) is 0.200.